The molecule has 1 heterocycles. The van der Waals surface area contributed by atoms with Gasteiger partial charge in [0.25, 0.3) is 5.91 Å². The highest BCUT2D eigenvalue weighted by molar-refractivity contribution is 6.33. The van der Waals surface area contributed by atoms with Crippen molar-refractivity contribution in [1.29, 1.82) is 0 Å². The largest absolute Gasteiger partial charge is 0.453 e. The van der Waals surface area contributed by atoms with Crippen LogP contribution in [0.25, 0.3) is 11.3 Å². The van der Waals surface area contributed by atoms with E-state index in [1.165, 1.54) is 6.92 Å². The molecule has 0 saturated heterocycles. The van der Waals surface area contributed by atoms with Crippen molar-refractivity contribution >= 4 is 29.2 Å². The number of hydrogen-bond donors (Lipinski definition) is 1. The number of carbonyl (C=O) groups excluding carboxylic acids is 2. The number of ether oxygens (including phenoxy) is 1. The Labute approximate surface area is 192 Å². The van der Waals surface area contributed by atoms with Crippen LogP contribution >= 0.6 is 11.6 Å². The molecule has 0 spiro atoms. The number of esters is 1. The normalized spacial score (nSPS) is 12.3. The summed E-state index contributed by atoms with van der Waals surface area (Å²) in [6, 6.07) is 10.2. The first-order chi connectivity index (χ1) is 15.5. The van der Waals surface area contributed by atoms with Crippen molar-refractivity contribution in [3.8, 4) is 11.3 Å². The Balaban J connectivity index is 1.52. The van der Waals surface area contributed by atoms with E-state index in [1.807, 2.05) is 31.2 Å². The molecule has 0 bridgehead atoms. The summed E-state index contributed by atoms with van der Waals surface area (Å²) in [7, 11) is 0. The van der Waals surface area contributed by atoms with Gasteiger partial charge < -0.3 is 14.5 Å². The van der Waals surface area contributed by atoms with Gasteiger partial charge in [0.15, 0.2) is 17.8 Å². The van der Waals surface area contributed by atoms with Crippen LogP contribution < -0.4 is 5.32 Å². The molecule has 1 amide bonds. The number of halogens is 4. The van der Waals surface area contributed by atoms with Gasteiger partial charge in [0, 0.05) is 12.0 Å². The van der Waals surface area contributed by atoms with Crippen LogP contribution in [0, 0.1) is 6.92 Å². The maximum atomic E-state index is 12.9. The van der Waals surface area contributed by atoms with Gasteiger partial charge in [-0.15, -0.1) is 0 Å². The van der Waals surface area contributed by atoms with Crippen LogP contribution in [0.1, 0.15) is 30.4 Å². The minimum atomic E-state index is -4.60. The van der Waals surface area contributed by atoms with Crippen molar-refractivity contribution in [2.45, 2.75) is 39.0 Å². The zero-order chi connectivity index (χ0) is 24.2. The lowest BCUT2D eigenvalue weighted by atomic mass is 10.1. The highest BCUT2D eigenvalue weighted by Gasteiger charge is 2.31. The topological polar surface area (TPSA) is 81.4 Å². The highest BCUT2D eigenvalue weighted by atomic mass is 35.5. The third kappa shape index (κ3) is 6.58. The van der Waals surface area contributed by atoms with Crippen molar-refractivity contribution in [3.05, 3.63) is 70.7 Å². The molecule has 6 nitrogen and oxygen atoms in total. The molecule has 3 rings (SSSR count). The van der Waals surface area contributed by atoms with Crippen LogP contribution in [0.4, 0.5) is 18.9 Å². The molecule has 174 valence electrons. The van der Waals surface area contributed by atoms with Crippen LogP contribution in [0.3, 0.4) is 0 Å². The third-order valence-corrected chi connectivity index (χ3v) is 4.99. The molecule has 0 aliphatic heterocycles. The second kappa shape index (κ2) is 10.1. The van der Waals surface area contributed by atoms with E-state index in [9.17, 15) is 22.8 Å². The Morgan fingerprint density at radius 2 is 1.88 bits per heavy atom. The van der Waals surface area contributed by atoms with Crippen molar-refractivity contribution in [2.75, 3.05) is 5.32 Å². The fourth-order valence-electron chi connectivity index (χ4n) is 2.83. The second-order valence-corrected chi connectivity index (χ2v) is 7.71. The summed E-state index contributed by atoms with van der Waals surface area (Å²) >= 11 is 5.87. The summed E-state index contributed by atoms with van der Waals surface area (Å²) in [6.45, 7) is 3.27. The molecule has 0 radical (unpaired) electrons. The fourth-order valence-corrected chi connectivity index (χ4v) is 2.99. The van der Waals surface area contributed by atoms with E-state index < -0.39 is 29.7 Å². The van der Waals surface area contributed by atoms with Crippen molar-refractivity contribution < 1.29 is 31.9 Å². The van der Waals surface area contributed by atoms with Gasteiger partial charge >= 0.3 is 12.1 Å². The molecule has 0 aliphatic carbocycles. The molecule has 1 unspecified atom stereocenters. The molecule has 0 aliphatic rings. The summed E-state index contributed by atoms with van der Waals surface area (Å²) in [5.41, 5.74) is 0.751. The standard InChI is InChI=1S/C23H20ClF3N2O4/c1-13-3-5-15(6-4-13)19-12-28-20(33-19)9-10-21(30)32-14(2)22(31)29-18-11-16(23(25,26)27)7-8-17(18)24/h3-8,11-12,14H,9-10H2,1-2H3,(H,29,31). The predicted molar refractivity (Wildman–Crippen MR) is 116 cm³/mol. The molecule has 10 heteroatoms. The average Bonchev–Trinajstić information content (AvgIpc) is 3.22. The lowest BCUT2D eigenvalue weighted by molar-refractivity contribution is -0.153. The first-order valence-corrected chi connectivity index (χ1v) is 10.3. The number of nitrogens with one attached hydrogen (secondary N) is 1. The zero-order valence-corrected chi connectivity index (χ0v) is 18.5. The SMILES string of the molecule is Cc1ccc(-c2cnc(CCC(=O)OC(C)C(=O)Nc3cc(C(F)(F)F)ccc3Cl)o2)cc1. The molecule has 0 fully saturated rings. The number of nitrogens with zero attached hydrogens (tertiary/aromatic N) is 1. The first-order valence-electron chi connectivity index (χ1n) is 9.92. The first kappa shape index (κ1) is 24.3. The number of aromatic nitrogens is 1. The van der Waals surface area contributed by atoms with E-state index in [0.717, 1.165) is 23.3 Å². The molecule has 33 heavy (non-hydrogen) atoms. The number of amides is 1. The number of carbonyl (C=O) groups is 2. The van der Waals surface area contributed by atoms with E-state index in [2.05, 4.69) is 10.3 Å². The minimum Gasteiger partial charge on any atom is -0.453 e. The maximum absolute atomic E-state index is 12.9. The Morgan fingerprint density at radius 3 is 2.55 bits per heavy atom. The maximum Gasteiger partial charge on any atom is 0.416 e. The zero-order valence-electron chi connectivity index (χ0n) is 17.7. The smallest absolute Gasteiger partial charge is 0.416 e. The average molecular weight is 481 g/mol. The Kier molecular flexibility index (Phi) is 7.43. The van der Waals surface area contributed by atoms with Gasteiger partial charge in [0.2, 0.25) is 0 Å². The molecule has 1 aromatic heterocycles. The predicted octanol–water partition coefficient (Wildman–Crippen LogP) is 5.83. The quantitative estimate of drug-likeness (QED) is 0.430. The molecule has 1 N–H and O–H groups in total. The Morgan fingerprint density at radius 1 is 1.18 bits per heavy atom. The number of alkyl halides is 3. The van der Waals surface area contributed by atoms with Crippen LogP contribution in [0.15, 0.2) is 53.1 Å². The number of oxazole rings is 1. The van der Waals surface area contributed by atoms with Crippen LogP contribution in [0.2, 0.25) is 5.02 Å². The van der Waals surface area contributed by atoms with Gasteiger partial charge in [-0.1, -0.05) is 41.4 Å². The van der Waals surface area contributed by atoms with Gasteiger partial charge in [-0.05, 0) is 32.0 Å². The molecular formula is C23H20ClF3N2O4. The van der Waals surface area contributed by atoms with Crippen LogP contribution in [-0.2, 0) is 26.9 Å². The van der Waals surface area contributed by atoms with Gasteiger partial charge in [-0.2, -0.15) is 13.2 Å². The summed E-state index contributed by atoms with van der Waals surface area (Å²) < 4.78 is 49.3. The van der Waals surface area contributed by atoms with Gasteiger partial charge in [0.05, 0.1) is 28.9 Å². The van der Waals surface area contributed by atoms with Crippen molar-refractivity contribution in [2.24, 2.45) is 0 Å². The third-order valence-electron chi connectivity index (χ3n) is 4.66. The van der Waals surface area contributed by atoms with E-state index in [-0.39, 0.29) is 23.6 Å². The molecule has 3 aromatic rings. The number of rotatable bonds is 7. The molecule has 1 atom stereocenters. The fraction of sp³-hybridized carbons (Fsp3) is 0.261. The Hall–Kier alpha value is -3.33. The summed E-state index contributed by atoms with van der Waals surface area (Å²) in [5.74, 6) is -0.621. The summed E-state index contributed by atoms with van der Waals surface area (Å²) in [6.07, 6.45) is -4.24. The highest BCUT2D eigenvalue weighted by Crippen LogP contribution is 2.34. The monoisotopic (exact) mass is 480 g/mol. The van der Waals surface area contributed by atoms with Crippen molar-refractivity contribution in [1.82, 2.24) is 4.98 Å². The lowest BCUT2D eigenvalue weighted by Gasteiger charge is -2.15. The summed E-state index contributed by atoms with van der Waals surface area (Å²) in [4.78, 5) is 28.5. The second-order valence-electron chi connectivity index (χ2n) is 7.30. The van der Waals surface area contributed by atoms with Gasteiger partial charge in [-0.25, -0.2) is 4.98 Å². The summed E-state index contributed by atoms with van der Waals surface area (Å²) in [5, 5.41) is 2.17. The molecular weight excluding hydrogens is 461 g/mol. The number of benzene rings is 2. The van der Waals surface area contributed by atoms with Gasteiger partial charge in [0.1, 0.15) is 0 Å². The van der Waals surface area contributed by atoms with Crippen LogP contribution in [-0.4, -0.2) is 23.0 Å². The van der Waals surface area contributed by atoms with Gasteiger partial charge in [-0.3, -0.25) is 9.59 Å². The molecule has 0 saturated carbocycles. The minimum absolute atomic E-state index is 0.0804. The number of hydrogen-bond acceptors (Lipinski definition) is 5. The van der Waals surface area contributed by atoms with Crippen LogP contribution in [0.5, 0.6) is 0 Å². The molecule has 2 aromatic carbocycles. The number of aryl methyl sites for hydroxylation is 2. The number of anilines is 1. The Bertz CT molecular complexity index is 1140. The van der Waals surface area contributed by atoms with E-state index in [4.69, 9.17) is 20.8 Å². The van der Waals surface area contributed by atoms with E-state index in [1.54, 1.807) is 6.20 Å². The van der Waals surface area contributed by atoms with E-state index >= 15 is 0 Å². The van der Waals surface area contributed by atoms with Crippen molar-refractivity contribution in [3.63, 3.8) is 0 Å². The lowest BCUT2D eigenvalue weighted by Crippen LogP contribution is -2.30. The van der Waals surface area contributed by atoms with E-state index in [0.29, 0.717) is 17.7 Å².